The van der Waals surface area contributed by atoms with E-state index in [0.29, 0.717) is 6.04 Å². The fourth-order valence-electron chi connectivity index (χ4n) is 2.41. The predicted molar refractivity (Wildman–Crippen MR) is 74.3 cm³/mol. The van der Waals surface area contributed by atoms with Crippen LogP contribution in [-0.2, 0) is 0 Å². The van der Waals surface area contributed by atoms with Crippen molar-refractivity contribution in [2.45, 2.75) is 32.2 Å². The molecule has 0 aromatic carbocycles. The Bertz CT molecular complexity index is 413. The second-order valence-corrected chi connectivity index (χ2v) is 4.92. The lowest BCUT2D eigenvalue weighted by atomic mass is 10.0. The molecule has 1 aliphatic heterocycles. The number of rotatable bonds is 5. The maximum Gasteiger partial charge on any atom is 0.287 e. The first-order chi connectivity index (χ1) is 9.19. The first-order valence-corrected chi connectivity index (χ1v) is 6.78. The molecule has 0 radical (unpaired) electrons. The van der Waals surface area contributed by atoms with Gasteiger partial charge in [-0.25, -0.2) is 4.98 Å². The number of hydrogen-bond donors (Lipinski definition) is 1. The average molecular weight is 264 g/mol. The first kappa shape index (κ1) is 13.7. The van der Waals surface area contributed by atoms with Gasteiger partial charge in [0.1, 0.15) is 12.0 Å². The zero-order valence-corrected chi connectivity index (χ0v) is 11.2. The third kappa shape index (κ3) is 3.89. The Hall–Kier alpha value is -1.69. The number of anilines is 1. The molecule has 1 aromatic heterocycles. The van der Waals surface area contributed by atoms with Crippen LogP contribution in [0.25, 0.3) is 0 Å². The maximum absolute atomic E-state index is 10.5. The van der Waals surface area contributed by atoms with Crippen molar-refractivity contribution in [1.29, 1.82) is 0 Å². The number of nitrogens with one attached hydrogen (secondary N) is 1. The van der Waals surface area contributed by atoms with Gasteiger partial charge in [-0.2, -0.15) is 0 Å². The van der Waals surface area contributed by atoms with Crippen LogP contribution in [0.4, 0.5) is 11.5 Å². The van der Waals surface area contributed by atoms with Gasteiger partial charge < -0.3 is 10.2 Å². The minimum Gasteiger partial charge on any atom is -0.367 e. The van der Waals surface area contributed by atoms with Gasteiger partial charge in [-0.05, 0) is 31.9 Å². The smallest absolute Gasteiger partial charge is 0.287 e. The number of likely N-dealkylation sites (tertiary alicyclic amines) is 1. The molecular formula is C13H20N4O2. The average Bonchev–Trinajstić information content (AvgIpc) is 2.42. The zero-order chi connectivity index (χ0) is 13.7. The predicted octanol–water partition coefficient (Wildman–Crippen LogP) is 2.28. The highest BCUT2D eigenvalue weighted by molar-refractivity contribution is 5.40. The van der Waals surface area contributed by atoms with Crippen LogP contribution in [0, 0.1) is 10.1 Å². The summed E-state index contributed by atoms with van der Waals surface area (Å²) in [6.45, 7) is 5.59. The highest BCUT2D eigenvalue weighted by atomic mass is 16.6. The number of pyridine rings is 1. The lowest BCUT2D eigenvalue weighted by Crippen LogP contribution is -2.39. The van der Waals surface area contributed by atoms with Gasteiger partial charge in [-0.1, -0.05) is 6.92 Å². The van der Waals surface area contributed by atoms with Gasteiger partial charge >= 0.3 is 0 Å². The van der Waals surface area contributed by atoms with Gasteiger partial charge in [0.2, 0.25) is 0 Å². The van der Waals surface area contributed by atoms with E-state index in [2.05, 4.69) is 22.1 Å². The Morgan fingerprint density at radius 3 is 2.74 bits per heavy atom. The number of piperidine rings is 1. The molecule has 1 saturated heterocycles. The van der Waals surface area contributed by atoms with Crippen molar-refractivity contribution >= 4 is 11.5 Å². The van der Waals surface area contributed by atoms with E-state index in [4.69, 9.17) is 0 Å². The Kier molecular flexibility index (Phi) is 4.68. The van der Waals surface area contributed by atoms with Crippen molar-refractivity contribution in [2.75, 3.05) is 25.0 Å². The molecule has 6 nitrogen and oxygen atoms in total. The van der Waals surface area contributed by atoms with Crippen molar-refractivity contribution in [3.63, 3.8) is 0 Å². The first-order valence-electron chi connectivity index (χ1n) is 6.78. The summed E-state index contributed by atoms with van der Waals surface area (Å²) < 4.78 is 0. The zero-order valence-electron chi connectivity index (χ0n) is 11.2. The van der Waals surface area contributed by atoms with Crippen LogP contribution >= 0.6 is 0 Å². The minimum atomic E-state index is -0.431. The normalized spacial score (nSPS) is 17.3. The van der Waals surface area contributed by atoms with Gasteiger partial charge in [0, 0.05) is 25.2 Å². The van der Waals surface area contributed by atoms with E-state index >= 15 is 0 Å². The third-order valence-electron chi connectivity index (χ3n) is 3.44. The summed E-state index contributed by atoms with van der Waals surface area (Å²) in [4.78, 5) is 16.7. The Balaban J connectivity index is 1.83. The fourth-order valence-corrected chi connectivity index (χ4v) is 2.41. The van der Waals surface area contributed by atoms with Gasteiger partial charge in [0.15, 0.2) is 0 Å². The summed E-state index contributed by atoms with van der Waals surface area (Å²) >= 11 is 0. The topological polar surface area (TPSA) is 71.3 Å². The van der Waals surface area contributed by atoms with E-state index in [1.807, 2.05) is 0 Å². The molecule has 0 saturated carbocycles. The molecule has 0 amide bonds. The van der Waals surface area contributed by atoms with Gasteiger partial charge in [-0.15, -0.1) is 0 Å². The second-order valence-electron chi connectivity index (χ2n) is 4.92. The van der Waals surface area contributed by atoms with Crippen molar-refractivity contribution < 1.29 is 4.92 Å². The standard InChI is InChI=1S/C13H20N4O2/c1-2-7-16-8-5-11(6-9-16)15-13-4-3-12(10-14-13)17(18)19/h3-4,10-11H,2,5-9H2,1H3,(H,14,15). The molecule has 1 aromatic rings. The minimum absolute atomic E-state index is 0.0308. The molecule has 6 heteroatoms. The highest BCUT2D eigenvalue weighted by Gasteiger charge is 2.18. The largest absolute Gasteiger partial charge is 0.367 e. The molecule has 1 N–H and O–H groups in total. The van der Waals surface area contributed by atoms with Crippen LogP contribution in [0.5, 0.6) is 0 Å². The van der Waals surface area contributed by atoms with E-state index in [-0.39, 0.29) is 5.69 Å². The van der Waals surface area contributed by atoms with Crippen molar-refractivity contribution in [3.05, 3.63) is 28.4 Å². The van der Waals surface area contributed by atoms with Crippen LogP contribution in [-0.4, -0.2) is 40.5 Å². The fraction of sp³-hybridized carbons (Fsp3) is 0.615. The van der Waals surface area contributed by atoms with Crippen LogP contribution < -0.4 is 5.32 Å². The molecule has 0 atom stereocenters. The molecule has 2 heterocycles. The van der Waals surface area contributed by atoms with Gasteiger partial charge in [-0.3, -0.25) is 10.1 Å². The van der Waals surface area contributed by atoms with E-state index in [1.165, 1.54) is 25.2 Å². The summed E-state index contributed by atoms with van der Waals surface area (Å²) in [5.41, 5.74) is 0.0308. The van der Waals surface area contributed by atoms with E-state index < -0.39 is 4.92 Å². The highest BCUT2D eigenvalue weighted by Crippen LogP contribution is 2.17. The van der Waals surface area contributed by atoms with Crippen LogP contribution in [0.3, 0.4) is 0 Å². The van der Waals surface area contributed by atoms with Crippen LogP contribution in [0.2, 0.25) is 0 Å². The molecule has 104 valence electrons. The summed E-state index contributed by atoms with van der Waals surface area (Å²) in [5.74, 6) is 0.722. The van der Waals surface area contributed by atoms with E-state index in [0.717, 1.165) is 31.7 Å². The van der Waals surface area contributed by atoms with E-state index in [1.54, 1.807) is 6.07 Å². The molecular weight excluding hydrogens is 244 g/mol. The molecule has 0 bridgehead atoms. The Labute approximate surface area is 113 Å². The summed E-state index contributed by atoms with van der Waals surface area (Å²) in [5, 5.41) is 13.9. The maximum atomic E-state index is 10.5. The number of hydrogen-bond acceptors (Lipinski definition) is 5. The SMILES string of the molecule is CCCN1CCC(Nc2ccc([N+](=O)[O-])cn2)CC1. The molecule has 1 aliphatic rings. The summed E-state index contributed by atoms with van der Waals surface area (Å²) in [6, 6.07) is 3.58. The molecule has 0 unspecified atom stereocenters. The summed E-state index contributed by atoms with van der Waals surface area (Å²) in [7, 11) is 0. The Morgan fingerprint density at radius 1 is 1.47 bits per heavy atom. The Morgan fingerprint density at radius 2 is 2.21 bits per heavy atom. The molecule has 2 rings (SSSR count). The summed E-state index contributed by atoms with van der Waals surface area (Å²) in [6.07, 6.45) is 4.69. The lowest BCUT2D eigenvalue weighted by molar-refractivity contribution is -0.385. The van der Waals surface area contributed by atoms with Gasteiger partial charge in [0.05, 0.1) is 4.92 Å². The van der Waals surface area contributed by atoms with Crippen LogP contribution in [0.1, 0.15) is 26.2 Å². The second kappa shape index (κ2) is 6.47. The molecule has 1 fully saturated rings. The number of nitrogens with zero attached hydrogens (tertiary/aromatic N) is 3. The van der Waals surface area contributed by atoms with Crippen LogP contribution in [0.15, 0.2) is 18.3 Å². The van der Waals surface area contributed by atoms with Gasteiger partial charge in [0.25, 0.3) is 5.69 Å². The third-order valence-corrected chi connectivity index (χ3v) is 3.44. The number of aromatic nitrogens is 1. The molecule has 19 heavy (non-hydrogen) atoms. The van der Waals surface area contributed by atoms with Crippen molar-refractivity contribution in [1.82, 2.24) is 9.88 Å². The van der Waals surface area contributed by atoms with Crippen molar-refractivity contribution in [3.8, 4) is 0 Å². The molecule has 0 aliphatic carbocycles. The monoisotopic (exact) mass is 264 g/mol. The van der Waals surface area contributed by atoms with Crippen molar-refractivity contribution in [2.24, 2.45) is 0 Å². The number of nitro groups is 1. The molecule has 0 spiro atoms. The van der Waals surface area contributed by atoms with E-state index in [9.17, 15) is 10.1 Å². The lowest BCUT2D eigenvalue weighted by Gasteiger charge is -2.32. The quantitative estimate of drug-likeness (QED) is 0.652.